The summed E-state index contributed by atoms with van der Waals surface area (Å²) in [6.45, 7) is 0.696. The summed E-state index contributed by atoms with van der Waals surface area (Å²) in [7, 11) is -3.32. The number of benzene rings is 2. The first-order valence-corrected chi connectivity index (χ1v) is 9.52. The number of nitrogens with zero attached hydrogens (tertiary/aromatic N) is 1. The quantitative estimate of drug-likeness (QED) is 0.869. The fraction of sp³-hybridized carbons (Fsp3) is 0.278. The van der Waals surface area contributed by atoms with Gasteiger partial charge in [0.25, 0.3) is 5.91 Å². The van der Waals surface area contributed by atoms with Gasteiger partial charge in [0.15, 0.2) is 9.84 Å². The van der Waals surface area contributed by atoms with Crippen molar-refractivity contribution in [3.05, 3.63) is 65.7 Å². The molecule has 0 aromatic heterocycles. The summed E-state index contributed by atoms with van der Waals surface area (Å²) in [5, 5.41) is 0. The molecule has 3 rings (SSSR count). The van der Waals surface area contributed by atoms with E-state index in [1.165, 1.54) is 12.1 Å². The molecule has 0 radical (unpaired) electrons. The molecule has 1 amide bonds. The van der Waals surface area contributed by atoms with E-state index in [0.717, 1.165) is 24.7 Å². The number of sulfone groups is 1. The maximum atomic E-state index is 12.8. The third-order valence-electron chi connectivity index (χ3n) is 4.21. The highest BCUT2D eigenvalue weighted by Crippen LogP contribution is 2.33. The van der Waals surface area contributed by atoms with Crippen LogP contribution in [0.1, 0.15) is 34.8 Å². The van der Waals surface area contributed by atoms with Crippen LogP contribution in [-0.4, -0.2) is 32.0 Å². The predicted octanol–water partition coefficient (Wildman–Crippen LogP) is 3.07. The molecule has 1 fully saturated rings. The fourth-order valence-corrected chi connectivity index (χ4v) is 3.72. The van der Waals surface area contributed by atoms with Gasteiger partial charge in [-0.25, -0.2) is 8.42 Å². The van der Waals surface area contributed by atoms with Crippen molar-refractivity contribution in [2.75, 3.05) is 12.8 Å². The van der Waals surface area contributed by atoms with E-state index in [1.807, 2.05) is 35.2 Å². The second-order valence-electron chi connectivity index (χ2n) is 5.87. The minimum Gasteiger partial charge on any atom is -0.332 e. The van der Waals surface area contributed by atoms with Crippen molar-refractivity contribution in [1.29, 1.82) is 0 Å². The minimum atomic E-state index is -3.32. The van der Waals surface area contributed by atoms with E-state index in [0.29, 0.717) is 12.1 Å². The Balaban J connectivity index is 1.91. The van der Waals surface area contributed by atoms with Crippen LogP contribution in [0, 0.1) is 0 Å². The molecule has 0 aliphatic carbocycles. The molecule has 1 heterocycles. The number of likely N-dealkylation sites (tertiary alicyclic amines) is 1. The van der Waals surface area contributed by atoms with Crippen LogP contribution >= 0.6 is 0 Å². The van der Waals surface area contributed by atoms with Gasteiger partial charge >= 0.3 is 0 Å². The summed E-state index contributed by atoms with van der Waals surface area (Å²) >= 11 is 0. The van der Waals surface area contributed by atoms with Crippen LogP contribution < -0.4 is 0 Å². The topological polar surface area (TPSA) is 54.5 Å². The zero-order valence-corrected chi connectivity index (χ0v) is 13.8. The van der Waals surface area contributed by atoms with E-state index in [1.54, 1.807) is 12.1 Å². The fourth-order valence-electron chi connectivity index (χ4n) is 3.06. The van der Waals surface area contributed by atoms with Crippen molar-refractivity contribution in [2.24, 2.45) is 0 Å². The maximum Gasteiger partial charge on any atom is 0.254 e. The molecule has 1 saturated heterocycles. The van der Waals surface area contributed by atoms with Crippen molar-refractivity contribution in [3.63, 3.8) is 0 Å². The molecule has 0 N–H and O–H groups in total. The Hall–Kier alpha value is -2.14. The Morgan fingerprint density at radius 3 is 2.52 bits per heavy atom. The molecule has 2 aromatic carbocycles. The second-order valence-corrected chi connectivity index (χ2v) is 7.88. The summed E-state index contributed by atoms with van der Waals surface area (Å²) in [4.78, 5) is 14.9. The van der Waals surface area contributed by atoms with E-state index < -0.39 is 9.84 Å². The number of rotatable bonds is 3. The standard InChI is InChI=1S/C18H19NO3S/c1-23(21,22)16-10-5-9-15(13-16)18(20)19-12-6-11-17(19)14-7-3-2-4-8-14/h2-5,7-10,13,17H,6,11-12H2,1H3. The van der Waals surface area contributed by atoms with Crippen molar-refractivity contribution in [1.82, 2.24) is 4.90 Å². The van der Waals surface area contributed by atoms with Gasteiger partial charge in [-0.3, -0.25) is 4.79 Å². The van der Waals surface area contributed by atoms with Crippen LogP contribution in [0.2, 0.25) is 0 Å². The lowest BCUT2D eigenvalue weighted by Crippen LogP contribution is -2.30. The summed E-state index contributed by atoms with van der Waals surface area (Å²) in [6, 6.07) is 16.3. The van der Waals surface area contributed by atoms with Gasteiger partial charge in [0.2, 0.25) is 0 Å². The first-order valence-electron chi connectivity index (χ1n) is 7.63. The third kappa shape index (κ3) is 3.29. The SMILES string of the molecule is CS(=O)(=O)c1cccc(C(=O)N2CCCC2c2ccccc2)c1. The number of hydrogen-bond donors (Lipinski definition) is 0. The zero-order chi connectivity index (χ0) is 16.4. The minimum absolute atomic E-state index is 0.0607. The first kappa shape index (κ1) is 15.7. The van der Waals surface area contributed by atoms with Crippen LogP contribution in [0.25, 0.3) is 0 Å². The van der Waals surface area contributed by atoms with Crippen molar-refractivity contribution in [2.45, 2.75) is 23.8 Å². The van der Waals surface area contributed by atoms with Gasteiger partial charge in [-0.15, -0.1) is 0 Å². The van der Waals surface area contributed by atoms with Gasteiger partial charge in [0.1, 0.15) is 0 Å². The van der Waals surface area contributed by atoms with Crippen LogP contribution in [0.15, 0.2) is 59.5 Å². The van der Waals surface area contributed by atoms with Crippen LogP contribution in [0.3, 0.4) is 0 Å². The Kier molecular flexibility index (Phi) is 4.22. The Morgan fingerprint density at radius 2 is 1.83 bits per heavy atom. The maximum absolute atomic E-state index is 12.8. The highest BCUT2D eigenvalue weighted by Gasteiger charge is 2.30. The van der Waals surface area contributed by atoms with Gasteiger partial charge in [0, 0.05) is 18.4 Å². The Bertz CT molecular complexity index is 815. The number of carbonyl (C=O) groups excluding carboxylic acids is 1. The molecule has 0 bridgehead atoms. The zero-order valence-electron chi connectivity index (χ0n) is 13.0. The van der Waals surface area contributed by atoms with Crippen LogP contribution in [-0.2, 0) is 9.84 Å². The molecule has 0 spiro atoms. The lowest BCUT2D eigenvalue weighted by Gasteiger charge is -2.25. The molecule has 1 aliphatic heterocycles. The van der Waals surface area contributed by atoms with Gasteiger partial charge < -0.3 is 4.90 Å². The van der Waals surface area contributed by atoms with Crippen LogP contribution in [0.5, 0.6) is 0 Å². The van der Waals surface area contributed by atoms with E-state index in [9.17, 15) is 13.2 Å². The average Bonchev–Trinajstić information content (AvgIpc) is 3.04. The second kappa shape index (κ2) is 6.16. The molecular weight excluding hydrogens is 310 g/mol. The van der Waals surface area contributed by atoms with E-state index in [2.05, 4.69) is 0 Å². The number of hydrogen-bond acceptors (Lipinski definition) is 3. The predicted molar refractivity (Wildman–Crippen MR) is 89.0 cm³/mol. The molecule has 5 heteroatoms. The molecule has 1 atom stereocenters. The number of carbonyl (C=O) groups is 1. The molecule has 1 aliphatic rings. The summed E-state index contributed by atoms with van der Waals surface area (Å²) in [5.41, 5.74) is 1.55. The van der Waals surface area contributed by atoms with E-state index in [4.69, 9.17) is 0 Å². The van der Waals surface area contributed by atoms with Crippen molar-refractivity contribution in [3.8, 4) is 0 Å². The highest BCUT2D eigenvalue weighted by molar-refractivity contribution is 7.90. The smallest absolute Gasteiger partial charge is 0.254 e. The summed E-state index contributed by atoms with van der Waals surface area (Å²) < 4.78 is 23.4. The van der Waals surface area contributed by atoms with Gasteiger partial charge in [-0.1, -0.05) is 36.4 Å². The molecule has 0 saturated carbocycles. The van der Waals surface area contributed by atoms with E-state index in [-0.39, 0.29) is 16.8 Å². The summed E-state index contributed by atoms with van der Waals surface area (Å²) in [5.74, 6) is -0.109. The molecule has 120 valence electrons. The van der Waals surface area contributed by atoms with Crippen molar-refractivity contribution < 1.29 is 13.2 Å². The Labute approximate surface area is 136 Å². The Morgan fingerprint density at radius 1 is 1.09 bits per heavy atom. The number of amides is 1. The average molecular weight is 329 g/mol. The van der Waals surface area contributed by atoms with Gasteiger partial charge in [-0.2, -0.15) is 0 Å². The molecular formula is C18H19NO3S. The van der Waals surface area contributed by atoms with E-state index >= 15 is 0 Å². The lowest BCUT2D eigenvalue weighted by molar-refractivity contribution is 0.0735. The molecule has 4 nitrogen and oxygen atoms in total. The first-order chi connectivity index (χ1) is 11.0. The van der Waals surface area contributed by atoms with Gasteiger partial charge in [-0.05, 0) is 36.6 Å². The highest BCUT2D eigenvalue weighted by atomic mass is 32.2. The molecule has 1 unspecified atom stereocenters. The van der Waals surface area contributed by atoms with Crippen molar-refractivity contribution >= 4 is 15.7 Å². The van der Waals surface area contributed by atoms with Gasteiger partial charge in [0.05, 0.1) is 10.9 Å². The normalized spacial score (nSPS) is 18.1. The monoisotopic (exact) mass is 329 g/mol. The summed E-state index contributed by atoms with van der Waals surface area (Å²) in [6.07, 6.45) is 3.04. The molecule has 23 heavy (non-hydrogen) atoms. The lowest BCUT2D eigenvalue weighted by atomic mass is 10.0. The van der Waals surface area contributed by atoms with Crippen LogP contribution in [0.4, 0.5) is 0 Å². The molecule has 2 aromatic rings. The largest absolute Gasteiger partial charge is 0.332 e. The third-order valence-corrected chi connectivity index (χ3v) is 5.32.